The predicted octanol–water partition coefficient (Wildman–Crippen LogP) is 0.969. The van der Waals surface area contributed by atoms with Crippen molar-refractivity contribution >= 4 is 11.9 Å². The number of hydrogen-bond acceptors (Lipinski definition) is 6. The first-order chi connectivity index (χ1) is 7.70. The zero-order chi connectivity index (χ0) is 11.5. The van der Waals surface area contributed by atoms with Crippen LogP contribution in [-0.4, -0.2) is 31.4 Å². The average Bonchev–Trinajstić information content (AvgIpc) is 2.75. The van der Waals surface area contributed by atoms with Crippen molar-refractivity contribution in [2.75, 3.05) is 13.2 Å². The van der Waals surface area contributed by atoms with E-state index in [-0.39, 0.29) is 18.1 Å². The predicted molar refractivity (Wildman–Crippen MR) is 49.8 cm³/mol. The second-order valence-corrected chi connectivity index (χ2v) is 3.05. The highest BCUT2D eigenvalue weighted by molar-refractivity contribution is 5.91. The molecule has 1 unspecified atom stereocenters. The van der Waals surface area contributed by atoms with Gasteiger partial charge in [0.15, 0.2) is 6.61 Å². The summed E-state index contributed by atoms with van der Waals surface area (Å²) in [4.78, 5) is 22.8. The van der Waals surface area contributed by atoms with Gasteiger partial charge in [0.1, 0.15) is 0 Å². The summed E-state index contributed by atoms with van der Waals surface area (Å²) in [7, 11) is 0. The number of fused-ring (bicyclic) bond motifs is 2. The lowest BCUT2D eigenvalue weighted by Gasteiger charge is -2.15. The maximum atomic E-state index is 11.5. The van der Waals surface area contributed by atoms with Crippen LogP contribution in [-0.2, 0) is 14.2 Å². The molecule has 0 saturated heterocycles. The largest absolute Gasteiger partial charge is 0.453 e. The van der Waals surface area contributed by atoms with E-state index in [1.165, 1.54) is 12.1 Å². The second kappa shape index (κ2) is 4.36. The van der Waals surface area contributed by atoms with Crippen LogP contribution >= 0.6 is 0 Å². The molecule has 0 aromatic carbocycles. The van der Waals surface area contributed by atoms with Crippen molar-refractivity contribution < 1.29 is 28.2 Å². The molecule has 0 spiro atoms. The van der Waals surface area contributed by atoms with Crippen molar-refractivity contribution in [1.29, 1.82) is 0 Å². The fraction of sp³-hybridized carbons (Fsp3) is 0.400. The molecule has 0 N–H and O–H groups in total. The molecular weight excluding hydrogens is 216 g/mol. The Hall–Kier alpha value is -1.82. The summed E-state index contributed by atoms with van der Waals surface area (Å²) in [5.74, 6) is -1.39. The molecule has 86 valence electrons. The van der Waals surface area contributed by atoms with Crippen molar-refractivity contribution in [3.05, 3.63) is 23.7 Å². The normalized spacial score (nSPS) is 20.4. The number of cyclic esters (lactones) is 2. The highest BCUT2D eigenvalue weighted by Gasteiger charge is 2.25. The Morgan fingerprint density at radius 1 is 1.31 bits per heavy atom. The molecule has 0 fully saturated rings. The summed E-state index contributed by atoms with van der Waals surface area (Å²) in [6.45, 7) is 1.94. The Morgan fingerprint density at radius 3 is 2.69 bits per heavy atom. The topological polar surface area (TPSA) is 75.0 Å². The Kier molecular flexibility index (Phi) is 2.91. The lowest BCUT2D eigenvalue weighted by Crippen LogP contribution is -2.27. The molecule has 1 atom stereocenters. The molecule has 2 bridgehead atoms. The van der Waals surface area contributed by atoms with E-state index >= 15 is 0 Å². The smallest absolute Gasteiger partial charge is 0.376 e. The van der Waals surface area contributed by atoms with E-state index in [1.807, 2.05) is 0 Å². The Morgan fingerprint density at radius 2 is 2.00 bits per heavy atom. The van der Waals surface area contributed by atoms with E-state index in [2.05, 4.69) is 0 Å². The molecule has 6 heteroatoms. The first-order valence-corrected chi connectivity index (χ1v) is 4.80. The van der Waals surface area contributed by atoms with Gasteiger partial charge in [0.05, 0.1) is 0 Å². The van der Waals surface area contributed by atoms with Gasteiger partial charge in [-0.1, -0.05) is 0 Å². The van der Waals surface area contributed by atoms with Crippen LogP contribution in [0.3, 0.4) is 0 Å². The van der Waals surface area contributed by atoms with Crippen LogP contribution in [0.25, 0.3) is 0 Å². The summed E-state index contributed by atoms with van der Waals surface area (Å²) in [6.07, 6.45) is -0.897. The van der Waals surface area contributed by atoms with Crippen LogP contribution in [0.15, 0.2) is 16.5 Å². The van der Waals surface area contributed by atoms with Gasteiger partial charge in [-0.05, 0) is 19.1 Å². The zero-order valence-corrected chi connectivity index (χ0v) is 8.60. The fourth-order valence-electron chi connectivity index (χ4n) is 1.25. The molecule has 1 aromatic rings. The standard InChI is InChI=1S/C10H10O6/c1-2-13-8-5-14-9(11)6-3-4-7(15-6)10(12)16-8/h3-4,8H,2,5H2,1H3. The quantitative estimate of drug-likeness (QED) is 0.699. The molecule has 1 aliphatic rings. The van der Waals surface area contributed by atoms with Gasteiger partial charge in [-0.3, -0.25) is 0 Å². The van der Waals surface area contributed by atoms with Gasteiger partial charge in [0.2, 0.25) is 17.8 Å². The van der Waals surface area contributed by atoms with Crippen molar-refractivity contribution in [2.24, 2.45) is 0 Å². The number of carbonyl (C=O) groups is 2. The highest BCUT2D eigenvalue weighted by Crippen LogP contribution is 2.14. The number of furan rings is 1. The molecule has 1 aromatic heterocycles. The Bertz CT molecular complexity index is 407. The third-order valence-electron chi connectivity index (χ3n) is 1.95. The number of esters is 2. The molecule has 2 rings (SSSR count). The summed E-state index contributed by atoms with van der Waals surface area (Å²) >= 11 is 0. The summed E-state index contributed by atoms with van der Waals surface area (Å²) < 4.78 is 19.8. The van der Waals surface area contributed by atoms with E-state index in [0.717, 1.165) is 0 Å². The molecule has 0 radical (unpaired) electrons. The SMILES string of the molecule is CCOC1COC(=O)c2ccc(o2)C(=O)O1. The summed E-state index contributed by atoms with van der Waals surface area (Å²) in [5, 5.41) is 0. The first kappa shape index (κ1) is 10.7. The highest BCUT2D eigenvalue weighted by atomic mass is 16.7. The molecule has 6 nitrogen and oxygen atoms in total. The van der Waals surface area contributed by atoms with Crippen LogP contribution in [0.5, 0.6) is 0 Å². The molecule has 0 amide bonds. The van der Waals surface area contributed by atoms with Crippen molar-refractivity contribution in [2.45, 2.75) is 13.2 Å². The minimum atomic E-state index is -0.897. The lowest BCUT2D eigenvalue weighted by atomic mass is 10.4. The second-order valence-electron chi connectivity index (χ2n) is 3.05. The fourth-order valence-corrected chi connectivity index (χ4v) is 1.25. The molecule has 16 heavy (non-hydrogen) atoms. The van der Waals surface area contributed by atoms with Gasteiger partial charge >= 0.3 is 11.9 Å². The Balaban J connectivity index is 2.21. The first-order valence-electron chi connectivity index (χ1n) is 4.80. The maximum absolute atomic E-state index is 11.5. The molecule has 2 heterocycles. The van der Waals surface area contributed by atoms with E-state index in [0.29, 0.717) is 6.61 Å². The van der Waals surface area contributed by atoms with Crippen LogP contribution < -0.4 is 0 Å². The third-order valence-corrected chi connectivity index (χ3v) is 1.95. The molecular formula is C10H10O6. The minimum Gasteiger partial charge on any atom is -0.453 e. The number of hydrogen-bond donors (Lipinski definition) is 0. The lowest BCUT2D eigenvalue weighted by molar-refractivity contribution is -0.130. The monoisotopic (exact) mass is 226 g/mol. The van der Waals surface area contributed by atoms with Gasteiger partial charge < -0.3 is 18.6 Å². The zero-order valence-electron chi connectivity index (χ0n) is 8.60. The Labute approximate surface area is 91.1 Å². The van der Waals surface area contributed by atoms with E-state index in [4.69, 9.17) is 18.6 Å². The van der Waals surface area contributed by atoms with Crippen molar-refractivity contribution in [1.82, 2.24) is 0 Å². The van der Waals surface area contributed by atoms with Crippen LogP contribution in [0.4, 0.5) is 0 Å². The summed E-state index contributed by atoms with van der Waals surface area (Å²) in [6, 6.07) is 2.72. The third kappa shape index (κ3) is 2.06. The number of ether oxygens (including phenoxy) is 3. The van der Waals surface area contributed by atoms with E-state index < -0.39 is 18.2 Å². The van der Waals surface area contributed by atoms with Crippen molar-refractivity contribution in [3.8, 4) is 0 Å². The van der Waals surface area contributed by atoms with Crippen LogP contribution in [0, 0.1) is 0 Å². The van der Waals surface area contributed by atoms with Gasteiger partial charge in [-0.25, -0.2) is 9.59 Å². The van der Waals surface area contributed by atoms with Crippen LogP contribution in [0.1, 0.15) is 28.0 Å². The molecule has 0 aliphatic carbocycles. The minimum absolute atomic E-state index is 0.0240. The van der Waals surface area contributed by atoms with Gasteiger partial charge in [-0.15, -0.1) is 0 Å². The maximum Gasteiger partial charge on any atom is 0.376 e. The molecule has 1 aliphatic heterocycles. The van der Waals surface area contributed by atoms with Gasteiger partial charge in [0, 0.05) is 6.61 Å². The van der Waals surface area contributed by atoms with Gasteiger partial charge in [0.25, 0.3) is 0 Å². The average molecular weight is 226 g/mol. The van der Waals surface area contributed by atoms with Gasteiger partial charge in [-0.2, -0.15) is 0 Å². The number of carbonyl (C=O) groups excluding carboxylic acids is 2. The molecule has 0 saturated carbocycles. The van der Waals surface area contributed by atoms with Crippen LogP contribution in [0.2, 0.25) is 0 Å². The number of rotatable bonds is 2. The van der Waals surface area contributed by atoms with Crippen molar-refractivity contribution in [3.63, 3.8) is 0 Å². The summed E-state index contributed by atoms with van der Waals surface area (Å²) in [5.41, 5.74) is 0. The van der Waals surface area contributed by atoms with E-state index in [1.54, 1.807) is 6.92 Å². The van der Waals surface area contributed by atoms with E-state index in [9.17, 15) is 9.59 Å².